The molecule has 0 saturated carbocycles. The zero-order chi connectivity index (χ0) is 12.1. The Morgan fingerprint density at radius 1 is 1.35 bits per heavy atom. The minimum absolute atomic E-state index is 0.631. The third kappa shape index (κ3) is 3.82. The van der Waals surface area contributed by atoms with E-state index in [2.05, 4.69) is 5.32 Å². The van der Waals surface area contributed by atoms with Crippen molar-refractivity contribution in [3.05, 3.63) is 29.8 Å². The second-order valence-corrected chi connectivity index (χ2v) is 6.05. The highest BCUT2D eigenvalue weighted by molar-refractivity contribution is 7.84. The zero-order valence-electron chi connectivity index (χ0n) is 10.1. The Bertz CT molecular complexity index is 374. The monoisotopic (exact) mass is 253 g/mol. The molecule has 0 spiro atoms. The molecular weight excluding hydrogens is 234 g/mol. The molecule has 1 heterocycles. The molecule has 1 aromatic carbocycles. The molecule has 1 atom stereocenters. The predicted molar refractivity (Wildman–Crippen MR) is 70.9 cm³/mol. The van der Waals surface area contributed by atoms with Gasteiger partial charge in [0.15, 0.2) is 0 Å². The molecule has 0 aliphatic carbocycles. The van der Waals surface area contributed by atoms with Gasteiger partial charge in [0.1, 0.15) is 5.75 Å². The van der Waals surface area contributed by atoms with E-state index in [1.165, 1.54) is 5.56 Å². The summed E-state index contributed by atoms with van der Waals surface area (Å²) < 4.78 is 16.9. The molecule has 0 aromatic heterocycles. The second-order valence-electron chi connectivity index (χ2n) is 4.43. The number of rotatable bonds is 6. The van der Waals surface area contributed by atoms with Crippen LogP contribution >= 0.6 is 0 Å². The molecule has 17 heavy (non-hydrogen) atoms. The fraction of sp³-hybridized carbons (Fsp3) is 0.538. The zero-order valence-corrected chi connectivity index (χ0v) is 11.0. The van der Waals surface area contributed by atoms with Gasteiger partial charge in [-0.3, -0.25) is 4.21 Å². The molecule has 0 radical (unpaired) electrons. The minimum atomic E-state index is -0.678. The van der Waals surface area contributed by atoms with E-state index in [9.17, 15) is 4.21 Å². The molecule has 1 aliphatic heterocycles. The first-order valence-electron chi connectivity index (χ1n) is 5.96. The molecule has 94 valence electrons. The van der Waals surface area contributed by atoms with Crippen molar-refractivity contribution >= 4 is 10.8 Å². The summed E-state index contributed by atoms with van der Waals surface area (Å²) in [5.41, 5.74) is 1.23. The Kier molecular flexibility index (Phi) is 4.57. The number of benzene rings is 1. The fourth-order valence-electron chi connectivity index (χ4n) is 1.84. The highest BCUT2D eigenvalue weighted by atomic mass is 32.2. The lowest BCUT2D eigenvalue weighted by Gasteiger charge is -2.26. The van der Waals surface area contributed by atoms with Crippen molar-refractivity contribution in [1.82, 2.24) is 5.32 Å². The maximum absolute atomic E-state index is 11.8. The van der Waals surface area contributed by atoms with Crippen LogP contribution in [0, 0.1) is 5.92 Å². The molecule has 1 fully saturated rings. The number of hydrogen-bond donors (Lipinski definition) is 1. The van der Waals surface area contributed by atoms with E-state index >= 15 is 0 Å². The summed E-state index contributed by atoms with van der Waals surface area (Å²) in [5, 5.41) is 3.20. The van der Waals surface area contributed by atoms with Crippen LogP contribution in [0.4, 0.5) is 0 Å². The Morgan fingerprint density at radius 2 is 2.06 bits per heavy atom. The SMILES string of the molecule is COc1ccc(CCS(=O)CC2CNC2)cc1. The van der Waals surface area contributed by atoms with Crippen molar-refractivity contribution in [2.75, 3.05) is 31.7 Å². The molecule has 1 unspecified atom stereocenters. The van der Waals surface area contributed by atoms with Crippen LogP contribution in [0.15, 0.2) is 24.3 Å². The Labute approximate surface area is 105 Å². The number of aryl methyl sites for hydroxylation is 1. The van der Waals surface area contributed by atoms with E-state index in [0.717, 1.165) is 36.8 Å². The van der Waals surface area contributed by atoms with Gasteiger partial charge in [0, 0.05) is 35.4 Å². The van der Waals surface area contributed by atoms with Crippen LogP contribution < -0.4 is 10.1 Å². The van der Waals surface area contributed by atoms with Crippen LogP contribution in [0.25, 0.3) is 0 Å². The van der Waals surface area contributed by atoms with Crippen LogP contribution in [-0.2, 0) is 17.2 Å². The Balaban J connectivity index is 1.74. The molecule has 1 aliphatic rings. The number of hydrogen-bond acceptors (Lipinski definition) is 3. The first-order chi connectivity index (χ1) is 8.28. The lowest BCUT2D eigenvalue weighted by Crippen LogP contribution is -2.45. The summed E-state index contributed by atoms with van der Waals surface area (Å²) >= 11 is 0. The third-order valence-electron chi connectivity index (χ3n) is 3.07. The van der Waals surface area contributed by atoms with Crippen LogP contribution in [0.3, 0.4) is 0 Å². The third-order valence-corrected chi connectivity index (χ3v) is 4.57. The van der Waals surface area contributed by atoms with Gasteiger partial charge in [0.2, 0.25) is 0 Å². The number of nitrogens with one attached hydrogen (secondary N) is 1. The van der Waals surface area contributed by atoms with Gasteiger partial charge in [-0.15, -0.1) is 0 Å². The summed E-state index contributed by atoms with van der Waals surface area (Å²) in [5.74, 6) is 3.12. The first-order valence-corrected chi connectivity index (χ1v) is 7.45. The summed E-state index contributed by atoms with van der Waals surface area (Å²) in [7, 11) is 0.986. The standard InChI is InChI=1S/C13H19NO2S/c1-16-13-4-2-11(3-5-13)6-7-17(15)10-12-8-14-9-12/h2-5,12,14H,6-10H2,1H3. The summed E-state index contributed by atoms with van der Waals surface area (Å²) in [4.78, 5) is 0. The van der Waals surface area contributed by atoms with Crippen LogP contribution in [0.5, 0.6) is 5.75 Å². The lowest BCUT2D eigenvalue weighted by atomic mass is 10.1. The molecule has 1 aromatic rings. The van der Waals surface area contributed by atoms with Gasteiger partial charge in [-0.2, -0.15) is 0 Å². The van der Waals surface area contributed by atoms with Gasteiger partial charge in [-0.1, -0.05) is 12.1 Å². The van der Waals surface area contributed by atoms with Crippen molar-refractivity contribution in [2.24, 2.45) is 5.92 Å². The predicted octanol–water partition coefficient (Wildman–Crippen LogP) is 1.21. The van der Waals surface area contributed by atoms with E-state index in [-0.39, 0.29) is 0 Å². The Morgan fingerprint density at radius 3 is 2.59 bits per heavy atom. The maximum atomic E-state index is 11.8. The van der Waals surface area contributed by atoms with E-state index in [4.69, 9.17) is 4.74 Å². The molecule has 1 N–H and O–H groups in total. The van der Waals surface area contributed by atoms with Gasteiger partial charge in [0.25, 0.3) is 0 Å². The highest BCUT2D eigenvalue weighted by Crippen LogP contribution is 2.12. The molecule has 0 bridgehead atoms. The van der Waals surface area contributed by atoms with Gasteiger partial charge >= 0.3 is 0 Å². The number of methoxy groups -OCH3 is 1. The topological polar surface area (TPSA) is 38.3 Å². The summed E-state index contributed by atoms with van der Waals surface area (Å²) in [6, 6.07) is 7.99. The molecule has 1 saturated heterocycles. The van der Waals surface area contributed by atoms with E-state index in [1.54, 1.807) is 7.11 Å². The molecule has 4 heteroatoms. The van der Waals surface area contributed by atoms with E-state index in [1.807, 2.05) is 24.3 Å². The second kappa shape index (κ2) is 6.17. The fourth-order valence-corrected chi connectivity index (χ4v) is 3.23. The van der Waals surface area contributed by atoms with Crippen LogP contribution in [-0.4, -0.2) is 35.9 Å². The van der Waals surface area contributed by atoms with Crippen molar-refractivity contribution < 1.29 is 8.95 Å². The van der Waals surface area contributed by atoms with E-state index < -0.39 is 10.8 Å². The minimum Gasteiger partial charge on any atom is -0.497 e. The van der Waals surface area contributed by atoms with Crippen molar-refractivity contribution in [2.45, 2.75) is 6.42 Å². The maximum Gasteiger partial charge on any atom is 0.118 e. The normalized spacial score (nSPS) is 17.5. The highest BCUT2D eigenvalue weighted by Gasteiger charge is 2.18. The molecule has 3 nitrogen and oxygen atoms in total. The largest absolute Gasteiger partial charge is 0.497 e. The first kappa shape index (κ1) is 12.6. The van der Waals surface area contributed by atoms with E-state index in [0.29, 0.717) is 5.92 Å². The molecule has 0 amide bonds. The quantitative estimate of drug-likeness (QED) is 0.828. The van der Waals surface area contributed by atoms with Gasteiger partial charge in [-0.25, -0.2) is 0 Å². The number of ether oxygens (including phenoxy) is 1. The summed E-state index contributed by atoms with van der Waals surface area (Å²) in [6.45, 7) is 2.07. The van der Waals surface area contributed by atoms with Crippen molar-refractivity contribution in [3.8, 4) is 5.75 Å². The molecular formula is C13H19NO2S. The van der Waals surface area contributed by atoms with Crippen molar-refractivity contribution in [1.29, 1.82) is 0 Å². The lowest BCUT2D eigenvalue weighted by molar-refractivity contribution is 0.382. The van der Waals surface area contributed by atoms with Crippen LogP contribution in [0.1, 0.15) is 5.56 Å². The average molecular weight is 253 g/mol. The molecule has 2 rings (SSSR count). The smallest absolute Gasteiger partial charge is 0.118 e. The Hall–Kier alpha value is -0.870. The van der Waals surface area contributed by atoms with Gasteiger partial charge < -0.3 is 10.1 Å². The van der Waals surface area contributed by atoms with Gasteiger partial charge in [-0.05, 0) is 30.0 Å². The van der Waals surface area contributed by atoms with Crippen molar-refractivity contribution in [3.63, 3.8) is 0 Å². The summed E-state index contributed by atoms with van der Waals surface area (Å²) in [6.07, 6.45) is 0.886. The van der Waals surface area contributed by atoms with Gasteiger partial charge in [0.05, 0.1) is 7.11 Å². The average Bonchev–Trinajstić information content (AvgIpc) is 2.32. The van der Waals surface area contributed by atoms with Crippen LogP contribution in [0.2, 0.25) is 0 Å².